The number of benzene rings is 2. The fraction of sp³-hybridized carbons (Fsp3) is 0.316. The van der Waals surface area contributed by atoms with Crippen molar-refractivity contribution in [1.29, 1.82) is 0 Å². The van der Waals surface area contributed by atoms with Gasteiger partial charge in [-0.05, 0) is 43.2 Å². The van der Waals surface area contributed by atoms with Crippen molar-refractivity contribution in [1.82, 2.24) is 5.32 Å². The Bertz CT molecular complexity index is 957. The molecule has 0 saturated carbocycles. The van der Waals surface area contributed by atoms with Gasteiger partial charge in [-0.25, -0.2) is 8.42 Å². The fourth-order valence-electron chi connectivity index (χ4n) is 2.67. The number of hydrogen-bond donors (Lipinski definition) is 2. The van der Waals surface area contributed by atoms with Crippen LogP contribution in [0.15, 0.2) is 41.3 Å². The minimum Gasteiger partial charge on any atom is -0.486 e. The summed E-state index contributed by atoms with van der Waals surface area (Å²) in [6, 6.07) is 9.33. The van der Waals surface area contributed by atoms with Crippen molar-refractivity contribution in [3.05, 3.63) is 47.5 Å². The van der Waals surface area contributed by atoms with E-state index in [1.807, 2.05) is 6.92 Å². The summed E-state index contributed by atoms with van der Waals surface area (Å²) in [6.07, 6.45) is 0.800. The van der Waals surface area contributed by atoms with Crippen LogP contribution in [0.5, 0.6) is 11.5 Å². The molecule has 0 radical (unpaired) electrons. The molecular weight excluding hydrogens is 368 g/mol. The zero-order valence-electron chi connectivity index (χ0n) is 15.2. The highest BCUT2D eigenvalue weighted by Gasteiger charge is 2.20. The van der Waals surface area contributed by atoms with Gasteiger partial charge in [-0.2, -0.15) is 0 Å². The number of rotatable bonds is 6. The first-order valence-electron chi connectivity index (χ1n) is 8.72. The van der Waals surface area contributed by atoms with Crippen molar-refractivity contribution < 1.29 is 22.7 Å². The van der Waals surface area contributed by atoms with Gasteiger partial charge in [0.15, 0.2) is 11.5 Å². The van der Waals surface area contributed by atoms with E-state index in [1.54, 1.807) is 31.2 Å². The molecule has 3 rings (SSSR count). The lowest BCUT2D eigenvalue weighted by molar-refractivity contribution is 0.0953. The largest absolute Gasteiger partial charge is 0.486 e. The lowest BCUT2D eigenvalue weighted by Gasteiger charge is -2.19. The molecule has 2 aromatic rings. The molecule has 2 N–H and O–H groups in total. The lowest BCUT2D eigenvalue weighted by Crippen LogP contribution is -2.25. The zero-order valence-corrected chi connectivity index (χ0v) is 16.1. The molecule has 0 aromatic heterocycles. The first-order valence-corrected chi connectivity index (χ1v) is 10.2. The monoisotopic (exact) mass is 390 g/mol. The third kappa shape index (κ3) is 4.33. The molecule has 1 heterocycles. The number of ether oxygens (including phenoxy) is 2. The van der Waals surface area contributed by atoms with Gasteiger partial charge in [0.25, 0.3) is 15.9 Å². The van der Waals surface area contributed by atoms with E-state index in [0.717, 1.165) is 6.42 Å². The van der Waals surface area contributed by atoms with Gasteiger partial charge in [0.1, 0.15) is 13.2 Å². The fourth-order valence-corrected chi connectivity index (χ4v) is 3.74. The molecule has 144 valence electrons. The van der Waals surface area contributed by atoms with E-state index in [9.17, 15) is 13.2 Å². The van der Waals surface area contributed by atoms with Gasteiger partial charge < -0.3 is 14.8 Å². The van der Waals surface area contributed by atoms with Crippen LogP contribution in [0.25, 0.3) is 0 Å². The van der Waals surface area contributed by atoms with E-state index >= 15 is 0 Å². The van der Waals surface area contributed by atoms with Gasteiger partial charge >= 0.3 is 0 Å². The molecule has 0 atom stereocenters. The van der Waals surface area contributed by atoms with Crippen molar-refractivity contribution in [2.24, 2.45) is 0 Å². The van der Waals surface area contributed by atoms with Gasteiger partial charge in [-0.1, -0.05) is 13.0 Å². The van der Waals surface area contributed by atoms with Crippen molar-refractivity contribution in [2.75, 3.05) is 24.5 Å². The molecule has 0 fully saturated rings. The van der Waals surface area contributed by atoms with E-state index in [2.05, 4.69) is 10.0 Å². The van der Waals surface area contributed by atoms with Crippen LogP contribution in [0, 0.1) is 6.92 Å². The van der Waals surface area contributed by atoms with E-state index in [-0.39, 0.29) is 10.8 Å². The number of hydrogen-bond acceptors (Lipinski definition) is 5. The highest BCUT2D eigenvalue weighted by atomic mass is 32.2. The second-order valence-corrected chi connectivity index (χ2v) is 7.88. The average Bonchev–Trinajstić information content (AvgIpc) is 2.66. The molecule has 2 aromatic carbocycles. The minimum absolute atomic E-state index is 0.0182. The smallest absolute Gasteiger partial charge is 0.261 e. The number of anilines is 1. The number of nitrogens with one attached hydrogen (secondary N) is 2. The third-order valence-electron chi connectivity index (χ3n) is 4.09. The Morgan fingerprint density at radius 1 is 1.07 bits per heavy atom. The van der Waals surface area contributed by atoms with Crippen molar-refractivity contribution >= 4 is 21.6 Å². The number of sulfonamides is 1. The van der Waals surface area contributed by atoms with Gasteiger partial charge in [0.05, 0.1) is 10.6 Å². The molecule has 8 heteroatoms. The normalized spacial score (nSPS) is 13.1. The molecule has 7 nitrogen and oxygen atoms in total. The van der Waals surface area contributed by atoms with Crippen LogP contribution in [0.2, 0.25) is 0 Å². The molecule has 0 unspecified atom stereocenters. The van der Waals surface area contributed by atoms with Crippen molar-refractivity contribution in [2.45, 2.75) is 25.2 Å². The minimum atomic E-state index is -3.86. The summed E-state index contributed by atoms with van der Waals surface area (Å²) in [4.78, 5) is 12.3. The number of amides is 1. The molecule has 0 bridgehead atoms. The summed E-state index contributed by atoms with van der Waals surface area (Å²) in [5.74, 6) is 0.783. The van der Waals surface area contributed by atoms with Crippen LogP contribution < -0.4 is 19.5 Å². The Morgan fingerprint density at radius 2 is 1.81 bits per heavy atom. The molecular formula is C19H22N2O5S. The van der Waals surface area contributed by atoms with Crippen LogP contribution in [0.1, 0.15) is 29.3 Å². The number of carbonyl (C=O) groups excluding carboxylic acids is 1. The predicted molar refractivity (Wildman–Crippen MR) is 102 cm³/mol. The van der Waals surface area contributed by atoms with E-state index < -0.39 is 10.0 Å². The summed E-state index contributed by atoms with van der Waals surface area (Å²) < 4.78 is 38.9. The van der Waals surface area contributed by atoms with Gasteiger partial charge in [0.2, 0.25) is 0 Å². The quantitative estimate of drug-likeness (QED) is 0.791. The first kappa shape index (κ1) is 19.0. The Hall–Kier alpha value is -2.74. The maximum atomic E-state index is 12.8. The average molecular weight is 390 g/mol. The summed E-state index contributed by atoms with van der Waals surface area (Å²) >= 11 is 0. The molecule has 0 aliphatic carbocycles. The van der Waals surface area contributed by atoms with Crippen LogP contribution in [-0.4, -0.2) is 34.1 Å². The predicted octanol–water partition coefficient (Wildman–Crippen LogP) is 2.71. The van der Waals surface area contributed by atoms with Crippen LogP contribution in [0.3, 0.4) is 0 Å². The maximum absolute atomic E-state index is 12.8. The second kappa shape index (κ2) is 7.87. The summed E-state index contributed by atoms with van der Waals surface area (Å²) in [5.41, 5.74) is 1.41. The molecule has 1 amide bonds. The SMILES string of the molecule is CCCNC(=O)c1cc(S(=O)(=O)Nc2ccc3c(c2)OCCO3)ccc1C. The second-order valence-electron chi connectivity index (χ2n) is 6.20. The topological polar surface area (TPSA) is 93.7 Å². The van der Waals surface area contributed by atoms with Crippen LogP contribution in [-0.2, 0) is 10.0 Å². The summed E-state index contributed by atoms with van der Waals surface area (Å²) in [7, 11) is -3.86. The molecule has 1 aliphatic heterocycles. The molecule has 0 saturated heterocycles. The third-order valence-corrected chi connectivity index (χ3v) is 5.47. The van der Waals surface area contributed by atoms with E-state index in [1.165, 1.54) is 12.1 Å². The molecule has 27 heavy (non-hydrogen) atoms. The van der Waals surface area contributed by atoms with E-state index in [4.69, 9.17) is 9.47 Å². The highest BCUT2D eigenvalue weighted by molar-refractivity contribution is 7.92. The van der Waals surface area contributed by atoms with Gasteiger partial charge in [-0.3, -0.25) is 9.52 Å². The first-order chi connectivity index (χ1) is 12.9. The van der Waals surface area contributed by atoms with Crippen molar-refractivity contribution in [3.8, 4) is 11.5 Å². The Labute approximate surface area is 158 Å². The van der Waals surface area contributed by atoms with Gasteiger partial charge in [0, 0.05) is 18.2 Å². The van der Waals surface area contributed by atoms with Crippen molar-refractivity contribution in [3.63, 3.8) is 0 Å². The highest BCUT2D eigenvalue weighted by Crippen LogP contribution is 2.33. The van der Waals surface area contributed by atoms with Gasteiger partial charge in [-0.15, -0.1) is 0 Å². The van der Waals surface area contributed by atoms with Crippen LogP contribution in [0.4, 0.5) is 5.69 Å². The number of carbonyl (C=O) groups is 1. The molecule has 1 aliphatic rings. The zero-order chi connectivity index (χ0) is 19.4. The lowest BCUT2D eigenvalue weighted by atomic mass is 10.1. The van der Waals surface area contributed by atoms with Crippen LogP contribution >= 0.6 is 0 Å². The Morgan fingerprint density at radius 3 is 2.56 bits per heavy atom. The summed E-state index contributed by atoms with van der Waals surface area (Å²) in [5, 5.41) is 2.77. The maximum Gasteiger partial charge on any atom is 0.261 e. The number of aryl methyl sites for hydroxylation is 1. The number of fused-ring (bicyclic) bond motifs is 1. The Kier molecular flexibility index (Phi) is 5.55. The molecule has 0 spiro atoms. The standard InChI is InChI=1S/C19H22N2O5S/c1-3-8-20-19(22)16-12-15(6-4-13(16)2)27(23,24)21-14-5-7-17-18(11-14)26-10-9-25-17/h4-7,11-12,21H,3,8-10H2,1-2H3,(H,20,22). The Balaban J connectivity index is 1.85. The summed E-state index contributed by atoms with van der Waals surface area (Å²) in [6.45, 7) is 5.13. The van der Waals surface area contributed by atoms with E-state index in [0.29, 0.717) is 48.1 Å².